The van der Waals surface area contributed by atoms with E-state index >= 15 is 0 Å². The Bertz CT molecular complexity index is 544. The van der Waals surface area contributed by atoms with Crippen molar-refractivity contribution < 1.29 is 17.9 Å². The molecule has 0 aromatic heterocycles. The highest BCUT2D eigenvalue weighted by Crippen LogP contribution is 2.34. The molecule has 100 valence electrons. The van der Waals surface area contributed by atoms with Gasteiger partial charge in [0.15, 0.2) is 11.5 Å². The van der Waals surface area contributed by atoms with Crippen molar-refractivity contribution >= 4 is 22.7 Å². The molecule has 1 aromatic rings. The number of ether oxygens (including phenoxy) is 2. The van der Waals surface area contributed by atoms with Crippen molar-refractivity contribution in [2.24, 2.45) is 0 Å². The Morgan fingerprint density at radius 2 is 2.06 bits per heavy atom. The Balaban J connectivity index is 2.36. The maximum atomic E-state index is 12.3. The van der Waals surface area contributed by atoms with Crippen LogP contribution < -0.4 is 9.47 Å². The van der Waals surface area contributed by atoms with E-state index in [4.69, 9.17) is 9.47 Å². The molecule has 0 fully saturated rings. The number of benzene rings is 1. The van der Waals surface area contributed by atoms with Gasteiger partial charge in [0.05, 0.1) is 4.90 Å². The van der Waals surface area contributed by atoms with Crippen molar-refractivity contribution in [3.8, 4) is 11.5 Å². The molecule has 2 rings (SSSR count). The molecule has 0 N–H and O–H groups in total. The molecule has 0 radical (unpaired) electrons. The lowest BCUT2D eigenvalue weighted by Crippen LogP contribution is -2.36. The molecule has 0 spiro atoms. The molecular weight excluding hydrogens is 274 g/mol. The summed E-state index contributed by atoms with van der Waals surface area (Å²) in [7, 11) is -1.98. The monoisotopic (exact) mass is 289 g/mol. The summed E-state index contributed by atoms with van der Waals surface area (Å²) in [6.45, 7) is 1.93. The molecule has 18 heavy (non-hydrogen) atoms. The number of thiol groups is 1. The van der Waals surface area contributed by atoms with Gasteiger partial charge in [-0.05, 0) is 19.1 Å². The van der Waals surface area contributed by atoms with E-state index < -0.39 is 10.0 Å². The smallest absolute Gasteiger partial charge is 0.243 e. The van der Waals surface area contributed by atoms with E-state index in [9.17, 15) is 8.42 Å². The molecular formula is C11H15NO4S2. The third kappa shape index (κ3) is 2.30. The van der Waals surface area contributed by atoms with Crippen molar-refractivity contribution in [1.29, 1.82) is 0 Å². The molecule has 1 heterocycles. The first-order valence-corrected chi connectivity index (χ1v) is 7.52. The second kappa shape index (κ2) is 4.99. The van der Waals surface area contributed by atoms with Crippen LogP contribution in [-0.2, 0) is 10.0 Å². The highest BCUT2D eigenvalue weighted by Gasteiger charge is 2.26. The van der Waals surface area contributed by atoms with E-state index in [2.05, 4.69) is 12.6 Å². The molecule has 1 aliphatic rings. The average Bonchev–Trinajstić information content (AvgIpc) is 2.83. The lowest BCUT2D eigenvalue weighted by atomic mass is 10.3. The Kier molecular flexibility index (Phi) is 3.74. The summed E-state index contributed by atoms with van der Waals surface area (Å²) in [5.74, 6) is 1.49. The van der Waals surface area contributed by atoms with Gasteiger partial charge in [-0.25, -0.2) is 8.42 Å². The van der Waals surface area contributed by atoms with Gasteiger partial charge in [-0.1, -0.05) is 0 Å². The van der Waals surface area contributed by atoms with E-state index in [0.717, 1.165) is 0 Å². The molecule has 0 bridgehead atoms. The lowest BCUT2D eigenvalue weighted by Gasteiger charge is -2.22. The first-order chi connectivity index (χ1) is 8.46. The van der Waals surface area contributed by atoms with Crippen molar-refractivity contribution in [3.63, 3.8) is 0 Å². The normalized spacial score (nSPS) is 16.0. The van der Waals surface area contributed by atoms with Crippen LogP contribution in [0.25, 0.3) is 0 Å². The second-order valence-corrected chi connectivity index (χ2v) is 6.43. The molecule has 0 amide bonds. The fourth-order valence-electron chi connectivity index (χ4n) is 1.56. The van der Waals surface area contributed by atoms with E-state index in [1.807, 2.05) is 0 Å². The van der Waals surface area contributed by atoms with Crippen LogP contribution in [-0.4, -0.2) is 38.4 Å². The van der Waals surface area contributed by atoms with Gasteiger partial charge < -0.3 is 9.47 Å². The molecule has 1 aliphatic heterocycles. The number of sulfonamides is 1. The zero-order valence-electron chi connectivity index (χ0n) is 10.2. The van der Waals surface area contributed by atoms with Gasteiger partial charge in [0, 0.05) is 24.9 Å². The highest BCUT2D eigenvalue weighted by atomic mass is 32.2. The Labute approximate surface area is 112 Å². The van der Waals surface area contributed by atoms with E-state index in [1.54, 1.807) is 20.0 Å². The predicted molar refractivity (Wildman–Crippen MR) is 70.8 cm³/mol. The minimum absolute atomic E-state index is 0.127. The Hall–Kier alpha value is -0.920. The summed E-state index contributed by atoms with van der Waals surface area (Å²) in [6, 6.07) is 4.43. The van der Waals surface area contributed by atoms with Crippen LogP contribution in [0, 0.1) is 0 Å². The molecule has 0 aliphatic carbocycles. The summed E-state index contributed by atoms with van der Waals surface area (Å²) < 4.78 is 36.3. The Morgan fingerprint density at radius 3 is 2.72 bits per heavy atom. The Morgan fingerprint density at radius 1 is 1.39 bits per heavy atom. The molecule has 1 aromatic carbocycles. The molecule has 0 saturated heterocycles. The van der Waals surface area contributed by atoms with Crippen LogP contribution >= 0.6 is 12.6 Å². The zero-order chi connectivity index (χ0) is 13.3. The third-order valence-corrected chi connectivity index (χ3v) is 5.40. The number of rotatable bonds is 4. The van der Waals surface area contributed by atoms with Gasteiger partial charge in [0.25, 0.3) is 0 Å². The lowest BCUT2D eigenvalue weighted by molar-refractivity contribution is 0.174. The largest absolute Gasteiger partial charge is 0.454 e. The maximum Gasteiger partial charge on any atom is 0.243 e. The molecule has 0 saturated carbocycles. The minimum Gasteiger partial charge on any atom is -0.454 e. The van der Waals surface area contributed by atoms with E-state index in [1.165, 1.54) is 16.4 Å². The van der Waals surface area contributed by atoms with Gasteiger partial charge in [0.1, 0.15) is 0 Å². The first kappa shape index (κ1) is 13.5. The average molecular weight is 289 g/mol. The fourth-order valence-corrected chi connectivity index (χ4v) is 3.29. The van der Waals surface area contributed by atoms with Crippen LogP contribution in [0.1, 0.15) is 6.92 Å². The summed E-state index contributed by atoms with van der Waals surface area (Å²) in [6.07, 6.45) is 0. The second-order valence-electron chi connectivity index (χ2n) is 4.07. The van der Waals surface area contributed by atoms with Gasteiger partial charge in [-0.15, -0.1) is 0 Å². The van der Waals surface area contributed by atoms with Crippen LogP contribution in [0.4, 0.5) is 0 Å². The SMILES string of the molecule is CC(CS)N(C)S(=O)(=O)c1ccc2c(c1)OCO2. The standard InChI is InChI=1S/C11H15NO4S2/c1-8(6-17)12(2)18(13,14)9-3-4-10-11(5-9)16-7-15-10/h3-5,8,17H,6-7H2,1-2H3. The number of hydrogen-bond acceptors (Lipinski definition) is 5. The summed E-state index contributed by atoms with van der Waals surface area (Å²) >= 11 is 4.11. The fraction of sp³-hybridized carbons (Fsp3) is 0.455. The van der Waals surface area contributed by atoms with Gasteiger partial charge >= 0.3 is 0 Å². The zero-order valence-corrected chi connectivity index (χ0v) is 11.9. The highest BCUT2D eigenvalue weighted by molar-refractivity contribution is 7.89. The first-order valence-electron chi connectivity index (χ1n) is 5.45. The van der Waals surface area contributed by atoms with Gasteiger partial charge in [-0.3, -0.25) is 0 Å². The quantitative estimate of drug-likeness (QED) is 0.850. The van der Waals surface area contributed by atoms with Crippen molar-refractivity contribution in [1.82, 2.24) is 4.31 Å². The predicted octanol–water partition coefficient (Wildman–Crippen LogP) is 1.35. The topological polar surface area (TPSA) is 55.8 Å². The summed E-state index contributed by atoms with van der Waals surface area (Å²) in [5.41, 5.74) is 0. The molecule has 7 heteroatoms. The number of hydrogen-bond donors (Lipinski definition) is 1. The van der Waals surface area contributed by atoms with Crippen LogP contribution in [0.5, 0.6) is 11.5 Å². The van der Waals surface area contributed by atoms with Gasteiger partial charge in [0.2, 0.25) is 16.8 Å². The molecule has 1 atom stereocenters. The van der Waals surface area contributed by atoms with Gasteiger partial charge in [-0.2, -0.15) is 16.9 Å². The summed E-state index contributed by atoms with van der Waals surface area (Å²) in [5, 5.41) is 0. The van der Waals surface area contributed by atoms with Crippen molar-refractivity contribution in [2.75, 3.05) is 19.6 Å². The van der Waals surface area contributed by atoms with Crippen molar-refractivity contribution in [2.45, 2.75) is 17.9 Å². The molecule has 1 unspecified atom stereocenters. The van der Waals surface area contributed by atoms with Crippen LogP contribution in [0.2, 0.25) is 0 Å². The minimum atomic E-state index is -3.52. The number of nitrogens with zero attached hydrogens (tertiary/aromatic N) is 1. The summed E-state index contributed by atoms with van der Waals surface area (Å²) in [4.78, 5) is 0.197. The van der Waals surface area contributed by atoms with E-state index in [0.29, 0.717) is 17.3 Å². The van der Waals surface area contributed by atoms with E-state index in [-0.39, 0.29) is 17.7 Å². The maximum absolute atomic E-state index is 12.3. The van der Waals surface area contributed by atoms with Crippen molar-refractivity contribution in [3.05, 3.63) is 18.2 Å². The molecule has 5 nitrogen and oxygen atoms in total. The number of fused-ring (bicyclic) bond motifs is 1. The van der Waals surface area contributed by atoms with Crippen LogP contribution in [0.15, 0.2) is 23.1 Å². The third-order valence-electron chi connectivity index (χ3n) is 2.91. The van der Waals surface area contributed by atoms with Crippen LogP contribution in [0.3, 0.4) is 0 Å².